The molecule has 3 N–H and O–H groups in total. The molecule has 0 aliphatic rings. The van der Waals surface area contributed by atoms with Crippen LogP contribution in [0.1, 0.15) is 0 Å². The summed E-state index contributed by atoms with van der Waals surface area (Å²) >= 11 is 0. The topological polar surface area (TPSA) is 76.2 Å². The van der Waals surface area contributed by atoms with Crippen LogP contribution in [-0.4, -0.2) is 36.0 Å². The summed E-state index contributed by atoms with van der Waals surface area (Å²) in [6.45, 7) is 0.689. The van der Waals surface area contributed by atoms with Crippen molar-refractivity contribution in [2.75, 3.05) is 31.8 Å². The van der Waals surface area contributed by atoms with Crippen LogP contribution in [0.3, 0.4) is 0 Å². The molecule has 1 atom stereocenters. The van der Waals surface area contributed by atoms with Gasteiger partial charge in [-0.25, -0.2) is 4.21 Å². The minimum absolute atomic E-state index is 0.274. The van der Waals surface area contributed by atoms with Gasteiger partial charge >= 0.3 is 0 Å². The summed E-state index contributed by atoms with van der Waals surface area (Å²) in [5, 5.41) is 0. The minimum Gasteiger partial charge on any atom is -0.384 e. The minimum atomic E-state index is -2.44. The van der Waals surface area contributed by atoms with Gasteiger partial charge in [-0.2, -0.15) is 0 Å². The summed E-state index contributed by atoms with van der Waals surface area (Å²) in [5.41, 5.74) is 5.15. The number of rotatable bonds is 5. The lowest BCUT2D eigenvalue weighted by Crippen LogP contribution is -2.19. The standard InChI is InChI=1S/C5H14N2O2S/c1-9-3-5-10(7,8)4-2-6/h7H,2-6H2,1H3. The predicted molar refractivity (Wildman–Crippen MR) is 41.5 cm³/mol. The Kier molecular flexibility index (Phi) is 4.59. The molecule has 0 aliphatic carbocycles. The molecule has 4 nitrogen and oxygen atoms in total. The lowest BCUT2D eigenvalue weighted by Gasteiger charge is -2.03. The summed E-state index contributed by atoms with van der Waals surface area (Å²) in [7, 11) is -0.918. The lowest BCUT2D eigenvalue weighted by molar-refractivity contribution is 0.217. The van der Waals surface area contributed by atoms with Crippen molar-refractivity contribution in [2.24, 2.45) is 5.73 Å². The fourth-order valence-electron chi connectivity index (χ4n) is 0.510. The first-order chi connectivity index (χ1) is 4.62. The third kappa shape index (κ3) is 4.72. The Hall–Kier alpha value is -0.130. The highest BCUT2D eigenvalue weighted by molar-refractivity contribution is 7.92. The van der Waals surface area contributed by atoms with E-state index in [1.807, 2.05) is 0 Å². The maximum Gasteiger partial charge on any atom is 0.0586 e. The molecule has 0 amide bonds. The van der Waals surface area contributed by atoms with E-state index in [0.29, 0.717) is 18.9 Å². The van der Waals surface area contributed by atoms with Crippen LogP contribution in [0.15, 0.2) is 0 Å². The zero-order valence-corrected chi connectivity index (χ0v) is 6.95. The molecule has 0 bridgehead atoms. The number of methoxy groups -OCH3 is 1. The molecule has 0 spiro atoms. The van der Waals surface area contributed by atoms with Gasteiger partial charge in [0.2, 0.25) is 0 Å². The highest BCUT2D eigenvalue weighted by Gasteiger charge is 2.02. The fraction of sp³-hybridized carbons (Fsp3) is 1.00. The van der Waals surface area contributed by atoms with E-state index in [2.05, 4.69) is 4.74 Å². The van der Waals surface area contributed by atoms with Crippen LogP contribution in [0.2, 0.25) is 0 Å². The monoisotopic (exact) mass is 166 g/mol. The van der Waals surface area contributed by atoms with Crippen LogP contribution in [0.25, 0.3) is 0 Å². The third-order valence-electron chi connectivity index (χ3n) is 1.06. The third-order valence-corrected chi connectivity index (χ3v) is 2.79. The molecule has 0 heterocycles. The first-order valence-corrected chi connectivity index (χ1v) is 4.95. The van der Waals surface area contributed by atoms with Gasteiger partial charge in [0.1, 0.15) is 0 Å². The van der Waals surface area contributed by atoms with Crippen molar-refractivity contribution >= 4 is 9.73 Å². The van der Waals surface area contributed by atoms with Crippen molar-refractivity contribution in [3.63, 3.8) is 0 Å². The predicted octanol–water partition coefficient (Wildman–Crippen LogP) is -0.362. The van der Waals surface area contributed by atoms with Crippen molar-refractivity contribution in [1.29, 1.82) is 4.78 Å². The molecule has 0 aromatic carbocycles. The maximum absolute atomic E-state index is 11.1. The molecule has 0 radical (unpaired) electrons. The van der Waals surface area contributed by atoms with Gasteiger partial charge in [-0.1, -0.05) is 0 Å². The Balaban J connectivity index is 3.65. The van der Waals surface area contributed by atoms with Gasteiger partial charge in [0.15, 0.2) is 0 Å². The quantitative estimate of drug-likeness (QED) is 0.585. The molecule has 0 aromatic heterocycles. The molecule has 0 saturated heterocycles. The summed E-state index contributed by atoms with van der Waals surface area (Å²) in [6.07, 6.45) is 0. The maximum atomic E-state index is 11.1. The number of nitrogens with two attached hydrogens (primary N) is 1. The molecule has 0 aromatic rings. The second-order valence-electron chi connectivity index (χ2n) is 2.00. The molecule has 0 fully saturated rings. The summed E-state index contributed by atoms with van der Waals surface area (Å²) in [6, 6.07) is 0. The smallest absolute Gasteiger partial charge is 0.0586 e. The molecule has 10 heavy (non-hydrogen) atoms. The van der Waals surface area contributed by atoms with Crippen LogP contribution < -0.4 is 5.73 Å². The zero-order valence-electron chi connectivity index (χ0n) is 6.13. The van der Waals surface area contributed by atoms with Crippen molar-refractivity contribution in [1.82, 2.24) is 0 Å². The second-order valence-corrected chi connectivity index (χ2v) is 4.44. The SMILES string of the molecule is COCCS(=N)(=O)CCN. The van der Waals surface area contributed by atoms with Crippen molar-refractivity contribution in [3.8, 4) is 0 Å². The van der Waals surface area contributed by atoms with Crippen molar-refractivity contribution in [3.05, 3.63) is 0 Å². The molecule has 0 aliphatic heterocycles. The van der Waals surface area contributed by atoms with E-state index in [4.69, 9.17) is 10.5 Å². The Morgan fingerprint density at radius 3 is 2.60 bits per heavy atom. The van der Waals surface area contributed by atoms with Crippen LogP contribution in [0, 0.1) is 4.78 Å². The van der Waals surface area contributed by atoms with Crippen molar-refractivity contribution in [2.45, 2.75) is 0 Å². The normalized spacial score (nSPS) is 16.6. The van der Waals surface area contributed by atoms with Gasteiger partial charge in [-0.3, -0.25) is 4.78 Å². The van der Waals surface area contributed by atoms with Gasteiger partial charge in [-0.15, -0.1) is 0 Å². The highest BCUT2D eigenvalue weighted by Crippen LogP contribution is 1.89. The van der Waals surface area contributed by atoms with Crippen LogP contribution in [0.4, 0.5) is 0 Å². The molecule has 0 saturated carbocycles. The van der Waals surface area contributed by atoms with E-state index in [1.165, 1.54) is 7.11 Å². The van der Waals surface area contributed by atoms with E-state index in [-0.39, 0.29) is 5.75 Å². The summed E-state index contributed by atoms with van der Waals surface area (Å²) in [5.74, 6) is 0.567. The Labute approximate surface area is 61.7 Å². The van der Waals surface area contributed by atoms with Crippen LogP contribution in [-0.2, 0) is 14.5 Å². The highest BCUT2D eigenvalue weighted by atomic mass is 32.2. The van der Waals surface area contributed by atoms with E-state index < -0.39 is 9.73 Å². The average molecular weight is 166 g/mol. The Morgan fingerprint density at radius 2 is 2.20 bits per heavy atom. The Bertz CT molecular complexity index is 164. The molecular formula is C5H14N2O2S. The van der Waals surface area contributed by atoms with Gasteiger partial charge in [0.05, 0.1) is 12.4 Å². The largest absolute Gasteiger partial charge is 0.384 e. The molecule has 5 heteroatoms. The summed E-state index contributed by atoms with van der Waals surface area (Å²) < 4.78 is 22.9. The lowest BCUT2D eigenvalue weighted by atomic mass is 10.8. The van der Waals surface area contributed by atoms with E-state index in [0.717, 1.165) is 0 Å². The first kappa shape index (κ1) is 9.87. The Morgan fingerprint density at radius 1 is 1.60 bits per heavy atom. The first-order valence-electron chi connectivity index (χ1n) is 3.05. The van der Waals surface area contributed by atoms with E-state index in [1.54, 1.807) is 0 Å². The molecule has 1 unspecified atom stereocenters. The fourth-order valence-corrected chi connectivity index (χ4v) is 1.53. The number of ether oxygens (including phenoxy) is 1. The number of hydrogen-bond donors (Lipinski definition) is 2. The summed E-state index contributed by atoms with van der Waals surface area (Å²) in [4.78, 5) is 0. The van der Waals surface area contributed by atoms with Gasteiger partial charge in [-0.05, 0) is 0 Å². The molecular weight excluding hydrogens is 152 g/mol. The van der Waals surface area contributed by atoms with Crippen molar-refractivity contribution < 1.29 is 8.95 Å². The average Bonchev–Trinajstić information content (AvgIpc) is 1.84. The number of hydrogen-bond acceptors (Lipinski definition) is 4. The van der Waals surface area contributed by atoms with Crippen LogP contribution in [0.5, 0.6) is 0 Å². The van der Waals surface area contributed by atoms with Gasteiger partial charge < -0.3 is 10.5 Å². The number of nitrogens with one attached hydrogen (secondary N) is 1. The van der Waals surface area contributed by atoms with Crippen LogP contribution >= 0.6 is 0 Å². The van der Waals surface area contributed by atoms with E-state index >= 15 is 0 Å². The molecule has 62 valence electrons. The van der Waals surface area contributed by atoms with E-state index in [9.17, 15) is 4.21 Å². The zero-order chi connectivity index (χ0) is 8.04. The molecule has 0 rings (SSSR count). The second kappa shape index (κ2) is 4.65. The van der Waals surface area contributed by atoms with Gasteiger partial charge in [0, 0.05) is 29.1 Å². The van der Waals surface area contributed by atoms with Gasteiger partial charge in [0.25, 0.3) is 0 Å².